The number of Topliss-reactive ketones (excluding diaryl/α,β-unsaturated/α-hetero) is 1. The fourth-order valence-electron chi connectivity index (χ4n) is 2.08. The molecule has 0 saturated carbocycles. The Labute approximate surface area is 112 Å². The minimum Gasteiger partial charge on any atom is -0.367 e. The van der Waals surface area contributed by atoms with Crippen LogP contribution in [-0.2, 0) is 4.79 Å². The Balaban J connectivity index is 2.26. The van der Waals surface area contributed by atoms with Crippen LogP contribution in [-0.4, -0.2) is 18.4 Å². The Morgan fingerprint density at radius 2 is 2.12 bits per heavy atom. The third-order valence-corrected chi connectivity index (χ3v) is 4.03. The van der Waals surface area contributed by atoms with Crippen molar-refractivity contribution >= 4 is 43.3 Å². The number of hydrogen-bond donors (Lipinski definition) is 0. The number of anilines is 1. The SMILES string of the molecule is CC1CC(=O)CCN1c1ccc(Br)cc1Br. The van der Waals surface area contributed by atoms with Gasteiger partial charge in [0, 0.05) is 34.4 Å². The Kier molecular flexibility index (Phi) is 3.70. The second-order valence-corrected chi connectivity index (χ2v) is 5.90. The van der Waals surface area contributed by atoms with Gasteiger partial charge in [-0.15, -0.1) is 0 Å². The Bertz CT molecular complexity index is 419. The van der Waals surface area contributed by atoms with Crippen molar-refractivity contribution in [1.82, 2.24) is 0 Å². The maximum Gasteiger partial charge on any atom is 0.136 e. The van der Waals surface area contributed by atoms with Gasteiger partial charge in [0.1, 0.15) is 5.78 Å². The number of rotatable bonds is 1. The van der Waals surface area contributed by atoms with E-state index in [1.54, 1.807) is 0 Å². The van der Waals surface area contributed by atoms with Gasteiger partial charge in [-0.2, -0.15) is 0 Å². The van der Waals surface area contributed by atoms with Gasteiger partial charge in [-0.25, -0.2) is 0 Å². The summed E-state index contributed by atoms with van der Waals surface area (Å²) in [5.41, 5.74) is 1.17. The lowest BCUT2D eigenvalue weighted by Crippen LogP contribution is -2.41. The van der Waals surface area contributed by atoms with E-state index < -0.39 is 0 Å². The van der Waals surface area contributed by atoms with E-state index in [-0.39, 0.29) is 0 Å². The summed E-state index contributed by atoms with van der Waals surface area (Å²) < 4.78 is 2.13. The largest absolute Gasteiger partial charge is 0.367 e. The van der Waals surface area contributed by atoms with Crippen LogP contribution in [0.15, 0.2) is 27.1 Å². The molecule has 2 nitrogen and oxygen atoms in total. The van der Waals surface area contributed by atoms with Gasteiger partial charge in [0.25, 0.3) is 0 Å². The molecule has 0 aromatic heterocycles. The van der Waals surface area contributed by atoms with Gasteiger partial charge in [0.05, 0.1) is 5.69 Å². The highest BCUT2D eigenvalue weighted by molar-refractivity contribution is 9.11. The predicted molar refractivity (Wildman–Crippen MR) is 72.9 cm³/mol. The Morgan fingerprint density at radius 1 is 1.38 bits per heavy atom. The van der Waals surface area contributed by atoms with E-state index in [4.69, 9.17) is 0 Å². The van der Waals surface area contributed by atoms with Gasteiger partial charge in [0.15, 0.2) is 0 Å². The van der Waals surface area contributed by atoms with Crippen LogP contribution in [0, 0.1) is 0 Å². The fourth-order valence-corrected chi connectivity index (χ4v) is 3.35. The summed E-state index contributed by atoms with van der Waals surface area (Å²) in [6.07, 6.45) is 1.31. The molecule has 1 aromatic carbocycles. The van der Waals surface area contributed by atoms with Crippen LogP contribution in [0.5, 0.6) is 0 Å². The van der Waals surface area contributed by atoms with Crippen molar-refractivity contribution < 1.29 is 4.79 Å². The summed E-state index contributed by atoms with van der Waals surface area (Å²) in [5.74, 6) is 0.372. The normalized spacial score (nSPS) is 21.3. The van der Waals surface area contributed by atoms with E-state index in [1.165, 1.54) is 5.69 Å². The summed E-state index contributed by atoms with van der Waals surface area (Å²) in [6.45, 7) is 2.92. The first-order chi connectivity index (χ1) is 7.58. The molecular formula is C12H13Br2NO. The number of benzene rings is 1. The minimum absolute atomic E-state index is 0.290. The van der Waals surface area contributed by atoms with Crippen molar-refractivity contribution in [2.75, 3.05) is 11.4 Å². The van der Waals surface area contributed by atoms with Crippen molar-refractivity contribution in [2.45, 2.75) is 25.8 Å². The fraction of sp³-hybridized carbons (Fsp3) is 0.417. The third kappa shape index (κ3) is 2.48. The van der Waals surface area contributed by atoms with Crippen molar-refractivity contribution in [3.8, 4) is 0 Å². The molecule has 1 heterocycles. The molecule has 1 aliphatic rings. The standard InChI is InChI=1S/C12H13Br2NO/c1-8-6-10(16)4-5-15(8)12-3-2-9(13)7-11(12)14/h2-3,7-8H,4-6H2,1H3. The second-order valence-electron chi connectivity index (χ2n) is 4.13. The van der Waals surface area contributed by atoms with Crippen LogP contribution in [0.3, 0.4) is 0 Å². The van der Waals surface area contributed by atoms with Gasteiger partial charge in [0.2, 0.25) is 0 Å². The molecule has 0 spiro atoms. The topological polar surface area (TPSA) is 20.3 Å². The molecule has 1 atom stereocenters. The highest BCUT2D eigenvalue weighted by Crippen LogP contribution is 2.32. The molecule has 2 rings (SSSR count). The molecule has 0 bridgehead atoms. The molecule has 0 aliphatic carbocycles. The zero-order valence-corrected chi connectivity index (χ0v) is 12.2. The summed E-state index contributed by atoms with van der Waals surface area (Å²) in [6, 6.07) is 6.45. The van der Waals surface area contributed by atoms with Crippen LogP contribution in [0.4, 0.5) is 5.69 Å². The molecule has 1 fully saturated rings. The first kappa shape index (κ1) is 12.1. The highest BCUT2D eigenvalue weighted by Gasteiger charge is 2.24. The van der Waals surface area contributed by atoms with E-state index in [0.717, 1.165) is 15.5 Å². The second kappa shape index (κ2) is 4.88. The first-order valence-corrected chi connectivity index (χ1v) is 6.90. The van der Waals surface area contributed by atoms with E-state index >= 15 is 0 Å². The first-order valence-electron chi connectivity index (χ1n) is 5.31. The Morgan fingerprint density at radius 3 is 2.75 bits per heavy atom. The van der Waals surface area contributed by atoms with E-state index in [2.05, 4.69) is 49.7 Å². The molecule has 1 aromatic rings. The molecule has 0 radical (unpaired) electrons. The van der Waals surface area contributed by atoms with Gasteiger partial charge in [-0.05, 0) is 41.1 Å². The molecule has 16 heavy (non-hydrogen) atoms. The van der Waals surface area contributed by atoms with Crippen molar-refractivity contribution in [3.63, 3.8) is 0 Å². The van der Waals surface area contributed by atoms with Crippen LogP contribution in [0.1, 0.15) is 19.8 Å². The predicted octanol–water partition coefficient (Wildman–Crippen LogP) is 3.77. The maximum atomic E-state index is 11.3. The van der Waals surface area contributed by atoms with Crippen molar-refractivity contribution in [2.24, 2.45) is 0 Å². The lowest BCUT2D eigenvalue weighted by atomic mass is 10.0. The van der Waals surface area contributed by atoms with Crippen molar-refractivity contribution in [3.05, 3.63) is 27.1 Å². The van der Waals surface area contributed by atoms with Gasteiger partial charge in [-0.3, -0.25) is 4.79 Å². The summed E-state index contributed by atoms with van der Waals surface area (Å²) in [7, 11) is 0. The lowest BCUT2D eigenvalue weighted by molar-refractivity contribution is -0.120. The smallest absolute Gasteiger partial charge is 0.136 e. The zero-order chi connectivity index (χ0) is 11.7. The van der Waals surface area contributed by atoms with Crippen LogP contribution in [0.25, 0.3) is 0 Å². The molecule has 1 unspecified atom stereocenters. The number of hydrogen-bond acceptors (Lipinski definition) is 2. The summed E-state index contributed by atoms with van der Waals surface area (Å²) >= 11 is 7.01. The summed E-state index contributed by atoms with van der Waals surface area (Å²) in [5, 5.41) is 0. The Hall–Kier alpha value is -0.350. The zero-order valence-electron chi connectivity index (χ0n) is 9.04. The van der Waals surface area contributed by atoms with Crippen LogP contribution >= 0.6 is 31.9 Å². The molecular weight excluding hydrogens is 334 g/mol. The molecule has 1 saturated heterocycles. The van der Waals surface area contributed by atoms with Gasteiger partial charge in [-0.1, -0.05) is 15.9 Å². The minimum atomic E-state index is 0.290. The van der Waals surface area contributed by atoms with E-state index in [9.17, 15) is 4.79 Å². The number of nitrogens with zero attached hydrogens (tertiary/aromatic N) is 1. The lowest BCUT2D eigenvalue weighted by Gasteiger charge is -2.35. The molecule has 0 amide bonds. The molecule has 0 N–H and O–H groups in total. The summed E-state index contributed by atoms with van der Waals surface area (Å²) in [4.78, 5) is 13.6. The van der Waals surface area contributed by atoms with Crippen LogP contribution < -0.4 is 4.90 Å². The van der Waals surface area contributed by atoms with Crippen LogP contribution in [0.2, 0.25) is 0 Å². The number of carbonyl (C=O) groups excluding carboxylic acids is 1. The monoisotopic (exact) mass is 345 g/mol. The van der Waals surface area contributed by atoms with Crippen molar-refractivity contribution in [1.29, 1.82) is 0 Å². The quantitative estimate of drug-likeness (QED) is 0.771. The number of ketones is 1. The van der Waals surface area contributed by atoms with E-state index in [0.29, 0.717) is 24.7 Å². The number of piperidine rings is 1. The van der Waals surface area contributed by atoms with Gasteiger partial charge >= 0.3 is 0 Å². The molecule has 4 heteroatoms. The van der Waals surface area contributed by atoms with Gasteiger partial charge < -0.3 is 4.90 Å². The average Bonchev–Trinajstić information content (AvgIpc) is 2.19. The maximum absolute atomic E-state index is 11.3. The number of carbonyl (C=O) groups is 1. The molecule has 86 valence electrons. The average molecular weight is 347 g/mol. The third-order valence-electron chi connectivity index (χ3n) is 2.91. The van der Waals surface area contributed by atoms with E-state index in [1.807, 2.05) is 12.1 Å². The highest BCUT2D eigenvalue weighted by atomic mass is 79.9. The molecule has 1 aliphatic heterocycles. The number of halogens is 2.